The van der Waals surface area contributed by atoms with Crippen molar-refractivity contribution in [2.45, 2.75) is 32.7 Å². The van der Waals surface area contributed by atoms with Gasteiger partial charge in [0.05, 0.1) is 7.11 Å². The number of aliphatic hydroxyl groups is 1. The maximum absolute atomic E-state index is 11.9. The molecule has 0 saturated carbocycles. The second-order valence-electron chi connectivity index (χ2n) is 4.68. The molecule has 0 saturated heterocycles. The molecule has 2 N–H and O–H groups in total. The van der Waals surface area contributed by atoms with Gasteiger partial charge in [0.1, 0.15) is 5.75 Å². The van der Waals surface area contributed by atoms with Gasteiger partial charge < -0.3 is 15.2 Å². The molecule has 0 spiro atoms. The number of nitrogens with one attached hydrogen (secondary N) is 1. The van der Waals surface area contributed by atoms with Gasteiger partial charge in [0.15, 0.2) is 0 Å². The summed E-state index contributed by atoms with van der Waals surface area (Å²) in [5.41, 5.74) is 1.88. The number of hydrogen-bond donors (Lipinski definition) is 2. The number of benzene rings is 1. The van der Waals surface area contributed by atoms with Crippen molar-refractivity contribution in [1.29, 1.82) is 0 Å². The third kappa shape index (κ3) is 5.05. The SMILES string of the molecule is CCC(CCO)NC(=O)/C=C(/C)c1ccc(OC)cc1. The highest BCUT2D eigenvalue weighted by Crippen LogP contribution is 2.17. The number of carbonyl (C=O) groups is 1. The zero-order valence-electron chi connectivity index (χ0n) is 12.3. The second-order valence-corrected chi connectivity index (χ2v) is 4.68. The summed E-state index contributed by atoms with van der Waals surface area (Å²) >= 11 is 0. The number of ether oxygens (including phenoxy) is 1. The number of rotatable bonds is 7. The zero-order chi connectivity index (χ0) is 15.0. The average molecular weight is 277 g/mol. The van der Waals surface area contributed by atoms with Crippen molar-refractivity contribution in [1.82, 2.24) is 5.32 Å². The van der Waals surface area contributed by atoms with Gasteiger partial charge in [-0.25, -0.2) is 0 Å². The number of allylic oxidation sites excluding steroid dienone is 1. The molecule has 0 aliphatic rings. The fraction of sp³-hybridized carbons (Fsp3) is 0.438. The van der Waals surface area contributed by atoms with Crippen molar-refractivity contribution in [2.24, 2.45) is 0 Å². The number of hydrogen-bond acceptors (Lipinski definition) is 3. The van der Waals surface area contributed by atoms with Gasteiger partial charge in [0.2, 0.25) is 5.91 Å². The highest BCUT2D eigenvalue weighted by molar-refractivity contribution is 5.95. The van der Waals surface area contributed by atoms with Gasteiger partial charge in [-0.2, -0.15) is 0 Å². The third-order valence-electron chi connectivity index (χ3n) is 3.21. The number of methoxy groups -OCH3 is 1. The highest BCUT2D eigenvalue weighted by Gasteiger charge is 2.08. The topological polar surface area (TPSA) is 58.6 Å². The number of aliphatic hydroxyl groups excluding tert-OH is 1. The van der Waals surface area contributed by atoms with Crippen LogP contribution in [-0.2, 0) is 4.79 Å². The van der Waals surface area contributed by atoms with E-state index in [-0.39, 0.29) is 18.6 Å². The predicted octanol–water partition coefficient (Wildman–Crippen LogP) is 2.38. The second kappa shape index (κ2) is 8.38. The van der Waals surface area contributed by atoms with Gasteiger partial charge >= 0.3 is 0 Å². The van der Waals surface area contributed by atoms with Crippen LogP contribution in [0.3, 0.4) is 0 Å². The van der Waals surface area contributed by atoms with Crippen LogP contribution >= 0.6 is 0 Å². The number of carbonyl (C=O) groups excluding carboxylic acids is 1. The van der Waals surface area contributed by atoms with E-state index < -0.39 is 0 Å². The van der Waals surface area contributed by atoms with E-state index in [1.54, 1.807) is 13.2 Å². The smallest absolute Gasteiger partial charge is 0.244 e. The Balaban J connectivity index is 2.68. The molecular formula is C16H23NO3. The summed E-state index contributed by atoms with van der Waals surface area (Å²) < 4.78 is 5.10. The molecule has 0 radical (unpaired) electrons. The fourth-order valence-corrected chi connectivity index (χ4v) is 1.91. The van der Waals surface area contributed by atoms with Crippen molar-refractivity contribution in [2.75, 3.05) is 13.7 Å². The molecule has 0 aromatic heterocycles. The highest BCUT2D eigenvalue weighted by atomic mass is 16.5. The molecular weight excluding hydrogens is 254 g/mol. The van der Waals surface area contributed by atoms with Crippen LogP contribution in [0.2, 0.25) is 0 Å². The van der Waals surface area contributed by atoms with Crippen molar-refractivity contribution in [3.05, 3.63) is 35.9 Å². The maximum Gasteiger partial charge on any atom is 0.244 e. The molecule has 1 amide bonds. The van der Waals surface area contributed by atoms with Gasteiger partial charge in [-0.1, -0.05) is 19.1 Å². The van der Waals surface area contributed by atoms with E-state index >= 15 is 0 Å². The van der Waals surface area contributed by atoms with E-state index in [4.69, 9.17) is 9.84 Å². The first-order chi connectivity index (χ1) is 9.60. The Morgan fingerprint density at radius 3 is 2.55 bits per heavy atom. The molecule has 1 atom stereocenters. The van der Waals surface area contributed by atoms with Crippen LogP contribution in [0.5, 0.6) is 5.75 Å². The third-order valence-corrected chi connectivity index (χ3v) is 3.21. The summed E-state index contributed by atoms with van der Waals surface area (Å²) in [6.07, 6.45) is 2.97. The van der Waals surface area contributed by atoms with Crippen LogP contribution in [0.4, 0.5) is 0 Å². The minimum Gasteiger partial charge on any atom is -0.497 e. The van der Waals surface area contributed by atoms with Gasteiger partial charge in [-0.3, -0.25) is 4.79 Å². The lowest BCUT2D eigenvalue weighted by Gasteiger charge is -2.14. The molecule has 0 fully saturated rings. The molecule has 1 unspecified atom stereocenters. The van der Waals surface area contributed by atoms with Crippen molar-refractivity contribution < 1.29 is 14.6 Å². The monoisotopic (exact) mass is 277 g/mol. The van der Waals surface area contributed by atoms with Crippen molar-refractivity contribution in [3.63, 3.8) is 0 Å². The first-order valence-electron chi connectivity index (χ1n) is 6.84. The van der Waals surface area contributed by atoms with Gasteiger partial charge in [0.25, 0.3) is 0 Å². The van der Waals surface area contributed by atoms with Gasteiger partial charge in [0, 0.05) is 18.7 Å². The minimum absolute atomic E-state index is 0.0208. The summed E-state index contributed by atoms with van der Waals surface area (Å²) in [5, 5.41) is 11.8. The average Bonchev–Trinajstić information content (AvgIpc) is 2.46. The molecule has 0 heterocycles. The van der Waals surface area contributed by atoms with Crippen LogP contribution in [0.15, 0.2) is 30.3 Å². The van der Waals surface area contributed by atoms with Crippen molar-refractivity contribution >= 4 is 11.5 Å². The molecule has 20 heavy (non-hydrogen) atoms. The fourth-order valence-electron chi connectivity index (χ4n) is 1.91. The Hall–Kier alpha value is -1.81. The normalized spacial score (nSPS) is 12.9. The van der Waals surface area contributed by atoms with Crippen LogP contribution in [-0.4, -0.2) is 30.8 Å². The van der Waals surface area contributed by atoms with E-state index in [9.17, 15) is 4.79 Å². The summed E-state index contributed by atoms with van der Waals surface area (Å²) in [5.74, 6) is 0.665. The van der Waals surface area contributed by atoms with Crippen LogP contribution < -0.4 is 10.1 Å². The van der Waals surface area contributed by atoms with Crippen LogP contribution in [0.25, 0.3) is 5.57 Å². The first-order valence-corrected chi connectivity index (χ1v) is 6.84. The van der Waals surface area contributed by atoms with Crippen molar-refractivity contribution in [3.8, 4) is 5.75 Å². The Morgan fingerprint density at radius 2 is 2.05 bits per heavy atom. The van der Waals surface area contributed by atoms with E-state index in [1.807, 2.05) is 38.1 Å². The van der Waals surface area contributed by atoms with E-state index in [0.717, 1.165) is 23.3 Å². The zero-order valence-corrected chi connectivity index (χ0v) is 12.3. The Kier molecular flexibility index (Phi) is 6.81. The van der Waals surface area contributed by atoms with Gasteiger partial charge in [-0.15, -0.1) is 0 Å². The Bertz CT molecular complexity index is 451. The lowest BCUT2D eigenvalue weighted by molar-refractivity contribution is -0.117. The quantitative estimate of drug-likeness (QED) is 0.752. The summed E-state index contributed by atoms with van der Waals surface area (Å²) in [6, 6.07) is 7.59. The summed E-state index contributed by atoms with van der Waals surface area (Å²) in [6.45, 7) is 3.97. The molecule has 1 rings (SSSR count). The minimum atomic E-state index is -0.126. The van der Waals surface area contributed by atoms with Gasteiger partial charge in [-0.05, 0) is 43.0 Å². The Morgan fingerprint density at radius 1 is 1.40 bits per heavy atom. The molecule has 1 aromatic rings. The predicted molar refractivity (Wildman–Crippen MR) is 80.6 cm³/mol. The maximum atomic E-state index is 11.9. The lowest BCUT2D eigenvalue weighted by Crippen LogP contribution is -2.33. The summed E-state index contributed by atoms with van der Waals surface area (Å²) in [4.78, 5) is 11.9. The van der Waals surface area contributed by atoms with Crippen LogP contribution in [0, 0.1) is 0 Å². The van der Waals surface area contributed by atoms with E-state index in [0.29, 0.717) is 6.42 Å². The van der Waals surface area contributed by atoms with Crippen LogP contribution in [0.1, 0.15) is 32.3 Å². The largest absolute Gasteiger partial charge is 0.497 e. The molecule has 1 aromatic carbocycles. The number of amides is 1. The molecule has 0 aliphatic heterocycles. The molecule has 0 aliphatic carbocycles. The Labute approximate surface area is 120 Å². The molecule has 0 bridgehead atoms. The standard InChI is InChI=1S/C16H23NO3/c1-4-14(9-10-18)17-16(19)11-12(2)13-5-7-15(20-3)8-6-13/h5-8,11,14,18H,4,9-10H2,1-3H3,(H,17,19)/b12-11-. The molecule has 110 valence electrons. The van der Waals surface area contributed by atoms with E-state index in [2.05, 4.69) is 5.32 Å². The molecule has 4 heteroatoms. The lowest BCUT2D eigenvalue weighted by atomic mass is 10.1. The summed E-state index contributed by atoms with van der Waals surface area (Å²) in [7, 11) is 1.62. The molecule has 4 nitrogen and oxygen atoms in total. The first kappa shape index (κ1) is 16.2. The van der Waals surface area contributed by atoms with E-state index in [1.165, 1.54) is 0 Å².